The summed E-state index contributed by atoms with van der Waals surface area (Å²) in [5.74, 6) is 0.954. The van der Waals surface area contributed by atoms with Gasteiger partial charge in [0.2, 0.25) is 0 Å². The molecular weight excluding hydrogens is 264 g/mol. The highest BCUT2D eigenvalue weighted by Gasteiger charge is 2.15. The largest absolute Gasteiger partial charge is 0.497 e. The molecule has 98 valence electrons. The van der Waals surface area contributed by atoms with Crippen molar-refractivity contribution in [2.45, 2.75) is 0 Å². The SMILES string of the molecule is COc1ccc(OC)c(C(=O)c2cccc(Cl)c2)c1. The van der Waals surface area contributed by atoms with Crippen molar-refractivity contribution in [3.05, 3.63) is 58.6 Å². The summed E-state index contributed by atoms with van der Waals surface area (Å²) in [5.41, 5.74) is 0.961. The van der Waals surface area contributed by atoms with E-state index in [4.69, 9.17) is 21.1 Å². The van der Waals surface area contributed by atoms with Gasteiger partial charge in [-0.15, -0.1) is 0 Å². The lowest BCUT2D eigenvalue weighted by Gasteiger charge is -2.09. The van der Waals surface area contributed by atoms with Gasteiger partial charge in [-0.05, 0) is 30.3 Å². The maximum atomic E-state index is 12.5. The highest BCUT2D eigenvalue weighted by Crippen LogP contribution is 2.27. The van der Waals surface area contributed by atoms with Gasteiger partial charge in [-0.2, -0.15) is 0 Å². The standard InChI is InChI=1S/C15H13ClO3/c1-18-12-6-7-14(19-2)13(9-12)15(17)10-4-3-5-11(16)8-10/h3-9H,1-2H3. The molecule has 0 aliphatic heterocycles. The first-order valence-corrected chi connectivity index (χ1v) is 6.06. The fourth-order valence-electron chi connectivity index (χ4n) is 1.78. The van der Waals surface area contributed by atoms with Gasteiger partial charge in [-0.25, -0.2) is 0 Å². The normalized spacial score (nSPS) is 10.1. The zero-order valence-electron chi connectivity index (χ0n) is 10.6. The van der Waals surface area contributed by atoms with E-state index in [-0.39, 0.29) is 5.78 Å². The van der Waals surface area contributed by atoms with Crippen LogP contribution in [0.5, 0.6) is 11.5 Å². The average molecular weight is 277 g/mol. The Morgan fingerprint density at radius 3 is 2.47 bits per heavy atom. The van der Waals surface area contributed by atoms with E-state index in [1.54, 1.807) is 49.6 Å². The quantitative estimate of drug-likeness (QED) is 0.801. The number of rotatable bonds is 4. The van der Waals surface area contributed by atoms with E-state index in [2.05, 4.69) is 0 Å². The minimum Gasteiger partial charge on any atom is -0.497 e. The Bertz CT molecular complexity index is 608. The highest BCUT2D eigenvalue weighted by atomic mass is 35.5. The molecule has 0 spiro atoms. The molecule has 0 unspecified atom stereocenters. The topological polar surface area (TPSA) is 35.5 Å². The lowest BCUT2D eigenvalue weighted by Crippen LogP contribution is -2.04. The number of carbonyl (C=O) groups excluding carboxylic acids is 1. The molecule has 2 aromatic rings. The molecule has 0 saturated heterocycles. The number of carbonyl (C=O) groups is 1. The molecule has 19 heavy (non-hydrogen) atoms. The van der Waals surface area contributed by atoms with Crippen molar-refractivity contribution in [2.24, 2.45) is 0 Å². The zero-order chi connectivity index (χ0) is 13.8. The van der Waals surface area contributed by atoms with Crippen LogP contribution in [0.15, 0.2) is 42.5 Å². The van der Waals surface area contributed by atoms with Crippen molar-refractivity contribution in [1.82, 2.24) is 0 Å². The molecule has 4 heteroatoms. The summed E-state index contributed by atoms with van der Waals surface area (Å²) in [7, 11) is 3.08. The average Bonchev–Trinajstić information content (AvgIpc) is 2.45. The van der Waals surface area contributed by atoms with E-state index in [0.29, 0.717) is 27.6 Å². The van der Waals surface area contributed by atoms with Gasteiger partial charge >= 0.3 is 0 Å². The van der Waals surface area contributed by atoms with Crippen molar-refractivity contribution in [3.63, 3.8) is 0 Å². The Kier molecular flexibility index (Phi) is 4.07. The van der Waals surface area contributed by atoms with Gasteiger partial charge in [0.05, 0.1) is 19.8 Å². The molecule has 0 bridgehead atoms. The summed E-state index contributed by atoms with van der Waals surface area (Å²) < 4.78 is 10.3. The van der Waals surface area contributed by atoms with Crippen LogP contribution >= 0.6 is 11.6 Å². The lowest BCUT2D eigenvalue weighted by molar-refractivity contribution is 0.103. The van der Waals surface area contributed by atoms with E-state index >= 15 is 0 Å². The Hall–Kier alpha value is -2.00. The molecular formula is C15H13ClO3. The number of ether oxygens (including phenoxy) is 2. The van der Waals surface area contributed by atoms with Crippen LogP contribution in [0.3, 0.4) is 0 Å². The first-order chi connectivity index (χ1) is 9.15. The van der Waals surface area contributed by atoms with E-state index in [1.807, 2.05) is 0 Å². The molecule has 2 aromatic carbocycles. The van der Waals surface area contributed by atoms with Crippen LogP contribution in [0.2, 0.25) is 5.02 Å². The molecule has 0 heterocycles. The number of methoxy groups -OCH3 is 2. The summed E-state index contributed by atoms with van der Waals surface area (Å²) in [6, 6.07) is 11.9. The van der Waals surface area contributed by atoms with Crippen molar-refractivity contribution < 1.29 is 14.3 Å². The van der Waals surface area contributed by atoms with E-state index in [1.165, 1.54) is 7.11 Å². The minimum absolute atomic E-state index is 0.154. The van der Waals surface area contributed by atoms with Crippen LogP contribution in [0.1, 0.15) is 15.9 Å². The molecule has 0 aliphatic carbocycles. The van der Waals surface area contributed by atoms with Crippen LogP contribution in [-0.4, -0.2) is 20.0 Å². The maximum Gasteiger partial charge on any atom is 0.196 e. The Labute approximate surface area is 116 Å². The molecule has 0 amide bonds. The Balaban J connectivity index is 2.48. The summed E-state index contributed by atoms with van der Waals surface area (Å²) in [5, 5.41) is 0.521. The zero-order valence-corrected chi connectivity index (χ0v) is 11.4. The third-order valence-electron chi connectivity index (χ3n) is 2.74. The van der Waals surface area contributed by atoms with E-state index in [0.717, 1.165) is 0 Å². The van der Waals surface area contributed by atoms with Gasteiger partial charge in [0.25, 0.3) is 0 Å². The predicted molar refractivity (Wildman–Crippen MR) is 74.4 cm³/mol. The number of hydrogen-bond donors (Lipinski definition) is 0. The van der Waals surface area contributed by atoms with Crippen LogP contribution in [0.25, 0.3) is 0 Å². The predicted octanol–water partition coefficient (Wildman–Crippen LogP) is 3.59. The Morgan fingerprint density at radius 2 is 1.84 bits per heavy atom. The summed E-state index contributed by atoms with van der Waals surface area (Å²) >= 11 is 5.90. The fraction of sp³-hybridized carbons (Fsp3) is 0.133. The number of benzene rings is 2. The monoisotopic (exact) mass is 276 g/mol. The first-order valence-electron chi connectivity index (χ1n) is 5.68. The number of hydrogen-bond acceptors (Lipinski definition) is 3. The van der Waals surface area contributed by atoms with Crippen LogP contribution in [-0.2, 0) is 0 Å². The second-order valence-corrected chi connectivity index (χ2v) is 4.34. The van der Waals surface area contributed by atoms with E-state index in [9.17, 15) is 4.79 Å². The maximum absolute atomic E-state index is 12.5. The van der Waals surface area contributed by atoms with Crippen molar-refractivity contribution in [1.29, 1.82) is 0 Å². The number of halogens is 1. The fourth-order valence-corrected chi connectivity index (χ4v) is 1.97. The second-order valence-electron chi connectivity index (χ2n) is 3.91. The summed E-state index contributed by atoms with van der Waals surface area (Å²) in [6.07, 6.45) is 0. The molecule has 0 atom stereocenters. The molecule has 0 aromatic heterocycles. The van der Waals surface area contributed by atoms with Crippen molar-refractivity contribution in [2.75, 3.05) is 14.2 Å². The van der Waals surface area contributed by atoms with Gasteiger partial charge in [-0.3, -0.25) is 4.79 Å². The third kappa shape index (κ3) is 2.88. The van der Waals surface area contributed by atoms with Gasteiger partial charge in [0.15, 0.2) is 5.78 Å². The Morgan fingerprint density at radius 1 is 1.05 bits per heavy atom. The smallest absolute Gasteiger partial charge is 0.196 e. The molecule has 3 nitrogen and oxygen atoms in total. The summed E-state index contributed by atoms with van der Waals surface area (Å²) in [6.45, 7) is 0. The van der Waals surface area contributed by atoms with E-state index < -0.39 is 0 Å². The van der Waals surface area contributed by atoms with Crippen LogP contribution in [0.4, 0.5) is 0 Å². The van der Waals surface area contributed by atoms with Crippen molar-refractivity contribution >= 4 is 17.4 Å². The van der Waals surface area contributed by atoms with Gasteiger partial charge < -0.3 is 9.47 Å². The van der Waals surface area contributed by atoms with Gasteiger partial charge in [0.1, 0.15) is 11.5 Å². The lowest BCUT2D eigenvalue weighted by atomic mass is 10.0. The molecule has 2 rings (SSSR count). The second kappa shape index (κ2) is 5.76. The molecule has 0 fully saturated rings. The van der Waals surface area contributed by atoms with Gasteiger partial charge in [0, 0.05) is 10.6 Å². The molecule has 0 N–H and O–H groups in total. The number of ketones is 1. The van der Waals surface area contributed by atoms with Crippen LogP contribution in [0, 0.1) is 0 Å². The molecule has 0 aliphatic rings. The van der Waals surface area contributed by atoms with Crippen LogP contribution < -0.4 is 9.47 Å². The molecule has 0 saturated carbocycles. The third-order valence-corrected chi connectivity index (χ3v) is 2.97. The minimum atomic E-state index is -0.154. The summed E-state index contributed by atoms with van der Waals surface area (Å²) in [4.78, 5) is 12.5. The highest BCUT2D eigenvalue weighted by molar-refractivity contribution is 6.31. The van der Waals surface area contributed by atoms with Crippen molar-refractivity contribution in [3.8, 4) is 11.5 Å². The van der Waals surface area contributed by atoms with Gasteiger partial charge in [-0.1, -0.05) is 23.7 Å². The first kappa shape index (κ1) is 13.4. The molecule has 0 radical (unpaired) electrons.